The van der Waals surface area contributed by atoms with Crippen molar-refractivity contribution in [3.63, 3.8) is 0 Å². The number of ether oxygens (including phenoxy) is 2. The molecule has 1 amide bonds. The summed E-state index contributed by atoms with van der Waals surface area (Å²) in [6.07, 6.45) is 0. The lowest BCUT2D eigenvalue weighted by Gasteiger charge is -2.24. The lowest BCUT2D eigenvalue weighted by molar-refractivity contribution is -0.126. The Morgan fingerprint density at radius 2 is 1.80 bits per heavy atom. The molecule has 134 valence electrons. The summed E-state index contributed by atoms with van der Waals surface area (Å²) in [4.78, 5) is 12.5. The maximum absolute atomic E-state index is 12.5. The third-order valence-electron chi connectivity index (χ3n) is 3.98. The van der Waals surface area contributed by atoms with Crippen molar-refractivity contribution in [1.29, 1.82) is 0 Å². The fourth-order valence-electron chi connectivity index (χ4n) is 2.49. The fraction of sp³-hybridized carbons (Fsp3) is 0.278. The highest BCUT2D eigenvalue weighted by Gasteiger charge is 2.30. The Hall–Kier alpha value is -1.76. The molecule has 0 saturated carbocycles. The summed E-state index contributed by atoms with van der Waals surface area (Å²) in [6, 6.07) is 13.1. The Morgan fingerprint density at radius 3 is 2.48 bits per heavy atom. The molecule has 2 aromatic rings. The SMILES string of the molecule is CC(N)(C(=O)NCc1ccc2c(c1)OCCO2)c1ccc(Br)cc1.Cl. The van der Waals surface area contributed by atoms with Crippen LogP contribution in [0.15, 0.2) is 46.9 Å². The second kappa shape index (κ2) is 8.08. The van der Waals surface area contributed by atoms with Crippen LogP contribution in [0.5, 0.6) is 11.5 Å². The monoisotopic (exact) mass is 426 g/mol. The number of nitrogens with two attached hydrogens (primary N) is 1. The molecular formula is C18H20BrClN2O3. The average molecular weight is 428 g/mol. The van der Waals surface area contributed by atoms with Crippen LogP contribution < -0.4 is 20.5 Å². The quantitative estimate of drug-likeness (QED) is 0.786. The smallest absolute Gasteiger partial charge is 0.244 e. The lowest BCUT2D eigenvalue weighted by Crippen LogP contribution is -2.48. The molecule has 3 N–H and O–H groups in total. The van der Waals surface area contributed by atoms with Gasteiger partial charge in [0.25, 0.3) is 0 Å². The number of rotatable bonds is 4. The molecule has 0 fully saturated rings. The molecule has 2 aromatic carbocycles. The van der Waals surface area contributed by atoms with Gasteiger partial charge in [-0.25, -0.2) is 0 Å². The Kier molecular flexibility index (Phi) is 6.32. The Morgan fingerprint density at radius 1 is 1.16 bits per heavy atom. The predicted octanol–water partition coefficient (Wildman–Crippen LogP) is 3.13. The number of benzene rings is 2. The first-order valence-electron chi connectivity index (χ1n) is 7.68. The van der Waals surface area contributed by atoms with Crippen molar-refractivity contribution < 1.29 is 14.3 Å². The highest BCUT2D eigenvalue weighted by atomic mass is 79.9. The van der Waals surface area contributed by atoms with E-state index in [9.17, 15) is 4.79 Å². The van der Waals surface area contributed by atoms with E-state index in [0.717, 1.165) is 21.3 Å². The minimum atomic E-state index is -1.10. The first kappa shape index (κ1) is 19.6. The maximum Gasteiger partial charge on any atom is 0.244 e. The van der Waals surface area contributed by atoms with Gasteiger partial charge in [-0.15, -0.1) is 12.4 Å². The zero-order chi connectivity index (χ0) is 17.2. The molecule has 0 aromatic heterocycles. The first-order chi connectivity index (χ1) is 11.5. The number of hydrogen-bond acceptors (Lipinski definition) is 4. The van der Waals surface area contributed by atoms with Crippen molar-refractivity contribution in [2.45, 2.75) is 19.0 Å². The van der Waals surface area contributed by atoms with Crippen molar-refractivity contribution in [2.24, 2.45) is 5.73 Å². The standard InChI is InChI=1S/C18H19BrN2O3.ClH/c1-18(20,13-3-5-14(19)6-4-13)17(22)21-11-12-2-7-15-16(10-12)24-9-8-23-15;/h2-7,10H,8-9,11,20H2,1H3,(H,21,22);1H. The summed E-state index contributed by atoms with van der Waals surface area (Å²) < 4.78 is 12.0. The number of carbonyl (C=O) groups excluding carboxylic acids is 1. The third kappa shape index (κ3) is 4.45. The van der Waals surface area contributed by atoms with E-state index < -0.39 is 5.54 Å². The van der Waals surface area contributed by atoms with E-state index in [0.29, 0.717) is 25.5 Å². The van der Waals surface area contributed by atoms with Gasteiger partial charge in [0.2, 0.25) is 5.91 Å². The fourth-order valence-corrected chi connectivity index (χ4v) is 2.76. The molecule has 0 bridgehead atoms. The maximum atomic E-state index is 12.5. The van der Waals surface area contributed by atoms with Gasteiger partial charge in [0.1, 0.15) is 18.8 Å². The molecule has 7 heteroatoms. The normalized spacial score (nSPS) is 14.8. The van der Waals surface area contributed by atoms with Crippen molar-refractivity contribution >= 4 is 34.2 Å². The van der Waals surface area contributed by atoms with Gasteiger partial charge < -0.3 is 20.5 Å². The Balaban J connectivity index is 0.00000225. The molecule has 1 heterocycles. The zero-order valence-corrected chi connectivity index (χ0v) is 16.2. The van der Waals surface area contributed by atoms with Crippen LogP contribution in [0.1, 0.15) is 18.1 Å². The molecule has 1 unspecified atom stereocenters. The molecule has 0 radical (unpaired) electrons. The van der Waals surface area contributed by atoms with Crippen molar-refractivity contribution in [2.75, 3.05) is 13.2 Å². The summed E-state index contributed by atoms with van der Waals surface area (Å²) in [7, 11) is 0. The topological polar surface area (TPSA) is 73.6 Å². The van der Waals surface area contributed by atoms with Crippen LogP contribution in [-0.4, -0.2) is 19.1 Å². The Labute approximate surface area is 161 Å². The molecular weight excluding hydrogens is 408 g/mol. The molecule has 25 heavy (non-hydrogen) atoms. The third-order valence-corrected chi connectivity index (χ3v) is 4.50. The molecule has 0 spiro atoms. The van der Waals surface area contributed by atoms with E-state index in [2.05, 4.69) is 21.2 Å². The average Bonchev–Trinajstić information content (AvgIpc) is 2.59. The highest BCUT2D eigenvalue weighted by Crippen LogP contribution is 2.30. The summed E-state index contributed by atoms with van der Waals surface area (Å²) in [5.74, 6) is 1.20. The molecule has 0 saturated heterocycles. The van der Waals surface area contributed by atoms with E-state index in [-0.39, 0.29) is 18.3 Å². The van der Waals surface area contributed by atoms with E-state index in [4.69, 9.17) is 15.2 Å². The predicted molar refractivity (Wildman–Crippen MR) is 102 cm³/mol. The van der Waals surface area contributed by atoms with E-state index in [1.54, 1.807) is 6.92 Å². The molecule has 3 rings (SSSR count). The number of halogens is 2. The van der Waals surface area contributed by atoms with Crippen LogP contribution in [0.25, 0.3) is 0 Å². The van der Waals surface area contributed by atoms with Crippen molar-refractivity contribution in [3.05, 3.63) is 58.1 Å². The molecule has 0 aliphatic carbocycles. The number of hydrogen-bond donors (Lipinski definition) is 2. The van der Waals surface area contributed by atoms with Gasteiger partial charge in [-0.05, 0) is 42.3 Å². The zero-order valence-electron chi connectivity index (χ0n) is 13.8. The van der Waals surface area contributed by atoms with E-state index in [1.165, 1.54) is 0 Å². The second-order valence-electron chi connectivity index (χ2n) is 5.87. The van der Waals surface area contributed by atoms with Gasteiger partial charge in [-0.3, -0.25) is 4.79 Å². The van der Waals surface area contributed by atoms with E-state index >= 15 is 0 Å². The highest BCUT2D eigenvalue weighted by molar-refractivity contribution is 9.10. The van der Waals surface area contributed by atoms with Gasteiger partial charge in [0, 0.05) is 11.0 Å². The lowest BCUT2D eigenvalue weighted by atomic mass is 9.92. The van der Waals surface area contributed by atoms with Crippen LogP contribution in [-0.2, 0) is 16.9 Å². The number of carbonyl (C=O) groups is 1. The number of fused-ring (bicyclic) bond motifs is 1. The summed E-state index contributed by atoms with van der Waals surface area (Å²) in [5, 5.41) is 2.89. The minimum absolute atomic E-state index is 0. The summed E-state index contributed by atoms with van der Waals surface area (Å²) >= 11 is 3.38. The van der Waals surface area contributed by atoms with E-state index in [1.807, 2.05) is 42.5 Å². The molecule has 1 atom stereocenters. The molecule has 5 nitrogen and oxygen atoms in total. The van der Waals surface area contributed by atoms with Crippen LogP contribution in [0.2, 0.25) is 0 Å². The van der Waals surface area contributed by atoms with Gasteiger partial charge in [0.15, 0.2) is 11.5 Å². The van der Waals surface area contributed by atoms with Crippen molar-refractivity contribution in [3.8, 4) is 11.5 Å². The minimum Gasteiger partial charge on any atom is -0.486 e. The summed E-state index contributed by atoms with van der Waals surface area (Å²) in [6.45, 7) is 3.17. The molecule has 1 aliphatic heterocycles. The van der Waals surface area contributed by atoms with Gasteiger partial charge in [-0.2, -0.15) is 0 Å². The van der Waals surface area contributed by atoms with Gasteiger partial charge in [0.05, 0.1) is 0 Å². The van der Waals surface area contributed by atoms with Crippen LogP contribution in [0.3, 0.4) is 0 Å². The Bertz CT molecular complexity index is 750. The van der Waals surface area contributed by atoms with Gasteiger partial charge in [-0.1, -0.05) is 34.1 Å². The van der Waals surface area contributed by atoms with Crippen LogP contribution in [0, 0.1) is 0 Å². The number of amides is 1. The van der Waals surface area contributed by atoms with Crippen LogP contribution in [0.4, 0.5) is 0 Å². The largest absolute Gasteiger partial charge is 0.486 e. The first-order valence-corrected chi connectivity index (χ1v) is 8.48. The molecule has 1 aliphatic rings. The summed E-state index contributed by atoms with van der Waals surface area (Å²) in [5.41, 5.74) is 6.82. The van der Waals surface area contributed by atoms with Gasteiger partial charge >= 0.3 is 0 Å². The van der Waals surface area contributed by atoms with Crippen molar-refractivity contribution in [1.82, 2.24) is 5.32 Å². The van der Waals surface area contributed by atoms with Crippen LogP contribution >= 0.6 is 28.3 Å². The number of nitrogens with one attached hydrogen (secondary N) is 1. The second-order valence-corrected chi connectivity index (χ2v) is 6.79.